The lowest BCUT2D eigenvalue weighted by Gasteiger charge is -2.42. The molecule has 3 heterocycles. The minimum Gasteiger partial charge on any atom is -0.481 e. The molecule has 9 nitrogen and oxygen atoms in total. The average Bonchev–Trinajstić information content (AvgIpc) is 3.18. The van der Waals surface area contributed by atoms with Crippen molar-refractivity contribution < 1.29 is 18.3 Å². The summed E-state index contributed by atoms with van der Waals surface area (Å²) in [6.45, 7) is 4.67. The molecule has 164 valence electrons. The predicted molar refractivity (Wildman–Crippen MR) is 116 cm³/mol. The summed E-state index contributed by atoms with van der Waals surface area (Å²) in [6.07, 6.45) is 4.15. The Bertz CT molecular complexity index is 1240. The first-order chi connectivity index (χ1) is 14.6. The molecule has 1 aromatic carbocycles. The zero-order valence-electron chi connectivity index (χ0n) is 17.7. The van der Waals surface area contributed by atoms with Gasteiger partial charge in [-0.1, -0.05) is 17.7 Å². The number of fused-ring (bicyclic) bond motifs is 1. The van der Waals surface area contributed by atoms with E-state index in [1.165, 1.54) is 12.5 Å². The van der Waals surface area contributed by atoms with Gasteiger partial charge >= 0.3 is 5.97 Å². The van der Waals surface area contributed by atoms with Gasteiger partial charge in [0, 0.05) is 26.3 Å². The third-order valence-electron chi connectivity index (χ3n) is 5.93. The van der Waals surface area contributed by atoms with Crippen molar-refractivity contribution in [1.82, 2.24) is 18.9 Å². The van der Waals surface area contributed by atoms with Crippen LogP contribution < -0.4 is 5.01 Å². The summed E-state index contributed by atoms with van der Waals surface area (Å²) in [6, 6.07) is 8.33. The van der Waals surface area contributed by atoms with Crippen LogP contribution in [0.5, 0.6) is 0 Å². The zero-order valence-corrected chi connectivity index (χ0v) is 18.5. The smallest absolute Gasteiger partial charge is 0.310 e. The molecule has 1 N–H and O–H groups in total. The molecule has 4 rings (SSSR count). The number of carboxylic acid groups (broad SMARTS) is 1. The van der Waals surface area contributed by atoms with E-state index in [9.17, 15) is 18.3 Å². The maximum Gasteiger partial charge on any atom is 0.310 e. The fourth-order valence-corrected chi connectivity index (χ4v) is 5.27. The van der Waals surface area contributed by atoms with Gasteiger partial charge in [0.25, 0.3) is 10.0 Å². The van der Waals surface area contributed by atoms with Gasteiger partial charge in [0.1, 0.15) is 6.33 Å². The Kier molecular flexibility index (Phi) is 5.22. The number of aryl methyl sites for hydroxylation is 1. The summed E-state index contributed by atoms with van der Waals surface area (Å²) in [5.41, 5.74) is 0.396. The van der Waals surface area contributed by atoms with Gasteiger partial charge in [0.15, 0.2) is 11.5 Å². The number of aliphatic carboxylic acids is 1. The van der Waals surface area contributed by atoms with Crippen molar-refractivity contribution >= 4 is 32.8 Å². The maximum atomic E-state index is 13.2. The Morgan fingerprint density at radius 1 is 1.19 bits per heavy atom. The number of hydrogen-bond donors (Lipinski definition) is 1. The molecule has 1 saturated heterocycles. The molecule has 0 spiro atoms. The third-order valence-corrected chi connectivity index (χ3v) is 7.61. The molecule has 1 aliphatic heterocycles. The van der Waals surface area contributed by atoms with Gasteiger partial charge in [0.05, 0.1) is 15.7 Å². The Balaban J connectivity index is 1.72. The van der Waals surface area contributed by atoms with Crippen molar-refractivity contribution in [1.29, 1.82) is 0 Å². The van der Waals surface area contributed by atoms with Gasteiger partial charge in [-0.15, -0.1) is 0 Å². The van der Waals surface area contributed by atoms with Crippen molar-refractivity contribution in [2.75, 3.05) is 25.1 Å². The maximum absolute atomic E-state index is 13.2. The minimum atomic E-state index is -3.82. The second-order valence-electron chi connectivity index (χ2n) is 8.25. The molecule has 0 bridgehead atoms. The summed E-state index contributed by atoms with van der Waals surface area (Å²) in [5.74, 6) is -0.300. The Hall–Kier alpha value is -2.98. The van der Waals surface area contributed by atoms with Gasteiger partial charge in [-0.25, -0.2) is 27.4 Å². The van der Waals surface area contributed by atoms with Gasteiger partial charge in [-0.05, 0) is 44.9 Å². The zero-order chi connectivity index (χ0) is 22.4. The first-order valence-electron chi connectivity index (χ1n) is 10.00. The van der Waals surface area contributed by atoms with Crippen molar-refractivity contribution in [3.05, 3.63) is 48.4 Å². The fourth-order valence-electron chi connectivity index (χ4n) is 3.97. The van der Waals surface area contributed by atoms with E-state index in [2.05, 4.69) is 9.97 Å². The highest BCUT2D eigenvalue weighted by Crippen LogP contribution is 2.33. The monoisotopic (exact) mass is 443 g/mol. The molecular formula is C21H25N5O4S. The Morgan fingerprint density at radius 3 is 2.58 bits per heavy atom. The highest BCUT2D eigenvalue weighted by atomic mass is 32.2. The average molecular weight is 444 g/mol. The summed E-state index contributed by atoms with van der Waals surface area (Å²) in [7, 11) is -2.01. The molecule has 1 aliphatic rings. The summed E-state index contributed by atoms with van der Waals surface area (Å²) in [5, 5.41) is 13.9. The van der Waals surface area contributed by atoms with Crippen LogP contribution in [-0.4, -0.2) is 58.6 Å². The number of aromatic nitrogens is 3. The van der Waals surface area contributed by atoms with Crippen LogP contribution in [-0.2, 0) is 14.8 Å². The number of hydrazine groups is 1. The summed E-state index contributed by atoms with van der Waals surface area (Å²) >= 11 is 0. The molecule has 0 amide bonds. The van der Waals surface area contributed by atoms with Crippen molar-refractivity contribution in [2.24, 2.45) is 5.41 Å². The number of hydrogen-bond acceptors (Lipinski definition) is 7. The van der Waals surface area contributed by atoms with E-state index in [0.29, 0.717) is 30.7 Å². The fraction of sp³-hybridized carbons (Fsp3) is 0.381. The number of rotatable bonds is 5. The van der Waals surface area contributed by atoms with E-state index in [-0.39, 0.29) is 10.5 Å². The first-order valence-corrected chi connectivity index (χ1v) is 11.4. The molecule has 31 heavy (non-hydrogen) atoms. The topological polar surface area (TPSA) is 109 Å². The number of carboxylic acids is 1. The van der Waals surface area contributed by atoms with E-state index < -0.39 is 21.4 Å². The highest BCUT2D eigenvalue weighted by Gasteiger charge is 2.39. The number of carbonyl (C=O) groups is 1. The van der Waals surface area contributed by atoms with Crippen LogP contribution in [0.4, 0.5) is 5.82 Å². The predicted octanol–water partition coefficient (Wildman–Crippen LogP) is 2.51. The normalized spacial score (nSPS) is 20.1. The van der Waals surface area contributed by atoms with Crippen LogP contribution in [0.1, 0.15) is 25.3 Å². The quantitative estimate of drug-likeness (QED) is 0.641. The minimum absolute atomic E-state index is 0.178. The first kappa shape index (κ1) is 21.3. The number of benzene rings is 1. The molecular weight excluding hydrogens is 418 g/mol. The molecule has 0 radical (unpaired) electrons. The Labute approximate surface area is 181 Å². The van der Waals surface area contributed by atoms with Gasteiger partial charge < -0.3 is 5.11 Å². The Morgan fingerprint density at radius 2 is 1.90 bits per heavy atom. The molecule has 1 atom stereocenters. The van der Waals surface area contributed by atoms with E-state index in [1.54, 1.807) is 49.3 Å². The number of nitrogens with zero attached hydrogens (tertiary/aromatic N) is 5. The lowest BCUT2D eigenvalue weighted by Crippen LogP contribution is -2.52. The van der Waals surface area contributed by atoms with E-state index in [0.717, 1.165) is 16.0 Å². The molecule has 0 saturated carbocycles. The standard InChI is InChI=1S/C21H25N5O4S/c1-15-5-7-16(8-6-15)31(29,30)26-12-9-17-18(22-14-23-19(17)26)24(3)25-11-4-10-21(2,13-25)20(27)28/h5-9,12,14H,4,10-11,13H2,1-3H3,(H,27,28). The molecule has 0 aliphatic carbocycles. The van der Waals surface area contributed by atoms with Crippen LogP contribution >= 0.6 is 0 Å². The van der Waals surface area contributed by atoms with Crippen molar-refractivity contribution in [3.8, 4) is 0 Å². The highest BCUT2D eigenvalue weighted by molar-refractivity contribution is 7.90. The molecule has 1 fully saturated rings. The molecule has 10 heteroatoms. The van der Waals surface area contributed by atoms with Crippen molar-refractivity contribution in [2.45, 2.75) is 31.6 Å². The number of anilines is 1. The second kappa shape index (κ2) is 7.61. The lowest BCUT2D eigenvalue weighted by molar-refractivity contribution is -0.151. The van der Waals surface area contributed by atoms with Crippen LogP contribution in [0.25, 0.3) is 11.0 Å². The SMILES string of the molecule is Cc1ccc(S(=O)(=O)n2ccc3c(N(C)N4CCCC(C)(C(=O)O)C4)ncnc32)cc1. The van der Waals surface area contributed by atoms with Crippen LogP contribution in [0.3, 0.4) is 0 Å². The van der Waals surface area contributed by atoms with E-state index in [1.807, 2.05) is 11.9 Å². The second-order valence-corrected chi connectivity index (χ2v) is 10.1. The number of piperidine rings is 1. The van der Waals surface area contributed by atoms with Crippen LogP contribution in [0, 0.1) is 12.3 Å². The van der Waals surface area contributed by atoms with Crippen LogP contribution in [0.15, 0.2) is 47.8 Å². The third kappa shape index (κ3) is 3.66. The van der Waals surface area contributed by atoms with Gasteiger partial charge in [-0.2, -0.15) is 0 Å². The molecule has 2 aromatic heterocycles. The van der Waals surface area contributed by atoms with Gasteiger partial charge in [0.2, 0.25) is 0 Å². The lowest BCUT2D eigenvalue weighted by atomic mass is 9.82. The van der Waals surface area contributed by atoms with E-state index in [4.69, 9.17) is 0 Å². The van der Waals surface area contributed by atoms with E-state index >= 15 is 0 Å². The summed E-state index contributed by atoms with van der Waals surface area (Å²) < 4.78 is 27.5. The van der Waals surface area contributed by atoms with Crippen molar-refractivity contribution in [3.63, 3.8) is 0 Å². The van der Waals surface area contributed by atoms with Crippen LogP contribution in [0.2, 0.25) is 0 Å². The largest absolute Gasteiger partial charge is 0.481 e. The summed E-state index contributed by atoms with van der Waals surface area (Å²) in [4.78, 5) is 20.5. The van der Waals surface area contributed by atoms with Gasteiger partial charge in [-0.3, -0.25) is 9.80 Å². The molecule has 3 aromatic rings. The molecule has 1 unspecified atom stereocenters.